The quantitative estimate of drug-likeness (QED) is 0.0495. The van der Waals surface area contributed by atoms with Crippen molar-refractivity contribution in [2.45, 2.75) is 226 Å². The highest BCUT2D eigenvalue weighted by molar-refractivity contribution is 5.67. The fraction of sp³-hybridized carbons (Fsp3) is 0.896. The van der Waals surface area contributed by atoms with Crippen molar-refractivity contribution in [3.8, 4) is 0 Å². The SMILES string of the molecule is CCCCCCCC/C=C\CCCCCCCCOCC(COCCCCCCCC/C=C\CCCCCCCC)NC(=O)OCCN(CCC)CCC. The zero-order chi connectivity index (χ0) is 39.3. The number of rotatable bonds is 44. The molecule has 0 unspecified atom stereocenters. The molecule has 0 radical (unpaired) electrons. The maximum atomic E-state index is 12.7. The van der Waals surface area contributed by atoms with Crippen LogP contribution in [-0.4, -0.2) is 69.7 Å². The second-order valence-electron chi connectivity index (χ2n) is 15.8. The zero-order valence-corrected chi connectivity index (χ0v) is 36.8. The van der Waals surface area contributed by atoms with Crippen molar-refractivity contribution < 1.29 is 19.0 Å². The second-order valence-corrected chi connectivity index (χ2v) is 15.8. The number of alkyl carbamates (subject to hydrolysis) is 1. The van der Waals surface area contributed by atoms with E-state index in [-0.39, 0.29) is 12.1 Å². The molecule has 0 aliphatic carbocycles. The largest absolute Gasteiger partial charge is 0.448 e. The Kier molecular flexibility index (Phi) is 44.8. The van der Waals surface area contributed by atoms with Gasteiger partial charge in [0.15, 0.2) is 0 Å². The lowest BCUT2D eigenvalue weighted by Crippen LogP contribution is -2.42. The van der Waals surface area contributed by atoms with E-state index in [2.05, 4.69) is 62.2 Å². The van der Waals surface area contributed by atoms with E-state index >= 15 is 0 Å². The third-order valence-corrected chi connectivity index (χ3v) is 10.3. The van der Waals surface area contributed by atoms with Gasteiger partial charge in [-0.1, -0.05) is 168 Å². The Morgan fingerprint density at radius 3 is 1.17 bits per heavy atom. The summed E-state index contributed by atoms with van der Waals surface area (Å²) >= 11 is 0. The molecule has 0 saturated heterocycles. The van der Waals surface area contributed by atoms with Crippen LogP contribution in [0.25, 0.3) is 0 Å². The normalized spacial score (nSPS) is 12.0. The minimum Gasteiger partial charge on any atom is -0.448 e. The van der Waals surface area contributed by atoms with Gasteiger partial charge in [0.25, 0.3) is 0 Å². The summed E-state index contributed by atoms with van der Waals surface area (Å²) in [5.41, 5.74) is 0. The van der Waals surface area contributed by atoms with Crippen LogP contribution in [0.4, 0.5) is 4.79 Å². The molecule has 0 bridgehead atoms. The molecule has 0 spiro atoms. The van der Waals surface area contributed by atoms with Crippen molar-refractivity contribution in [2.24, 2.45) is 0 Å². The lowest BCUT2D eigenvalue weighted by molar-refractivity contribution is 0.0482. The number of unbranched alkanes of at least 4 members (excludes halogenated alkanes) is 24. The van der Waals surface area contributed by atoms with Gasteiger partial charge in [-0.15, -0.1) is 0 Å². The number of carbonyl (C=O) groups is 1. The van der Waals surface area contributed by atoms with Crippen LogP contribution in [0.1, 0.15) is 220 Å². The lowest BCUT2D eigenvalue weighted by atomic mass is 10.1. The molecule has 6 heteroatoms. The van der Waals surface area contributed by atoms with Gasteiger partial charge in [0.2, 0.25) is 0 Å². The van der Waals surface area contributed by atoms with Gasteiger partial charge in [0.05, 0.1) is 19.3 Å². The highest BCUT2D eigenvalue weighted by Gasteiger charge is 2.15. The molecular weight excluding hydrogens is 669 g/mol. The van der Waals surface area contributed by atoms with Crippen molar-refractivity contribution in [2.75, 3.05) is 52.7 Å². The number of nitrogens with zero attached hydrogens (tertiary/aromatic N) is 1. The molecule has 1 N–H and O–H groups in total. The van der Waals surface area contributed by atoms with Crippen molar-refractivity contribution in [1.82, 2.24) is 10.2 Å². The summed E-state index contributed by atoms with van der Waals surface area (Å²) in [6, 6.07) is -0.192. The molecule has 1 amide bonds. The Labute approximate surface area is 337 Å². The number of hydrogen-bond acceptors (Lipinski definition) is 5. The number of carbonyl (C=O) groups excluding carboxylic acids is 1. The van der Waals surface area contributed by atoms with Crippen LogP contribution in [-0.2, 0) is 14.2 Å². The molecule has 0 aromatic carbocycles. The Morgan fingerprint density at radius 1 is 0.444 bits per heavy atom. The third-order valence-electron chi connectivity index (χ3n) is 10.3. The standard InChI is InChI=1S/C48H94N2O4/c1-5-9-11-13-15-17-19-21-23-25-27-29-31-33-35-37-42-52-45-47(49-48(51)54-44-41-50(39-7-3)40-8-4)46-53-43-38-36-34-32-30-28-26-24-22-20-18-16-14-12-10-6-2/h21-24,47H,5-20,25-46H2,1-4H3,(H,49,51)/b23-21-,24-22-. The van der Waals surface area contributed by atoms with Gasteiger partial charge in [-0.05, 0) is 90.1 Å². The predicted molar refractivity (Wildman–Crippen MR) is 236 cm³/mol. The first kappa shape index (κ1) is 52.6. The molecule has 0 fully saturated rings. The summed E-state index contributed by atoms with van der Waals surface area (Å²) in [7, 11) is 0. The van der Waals surface area contributed by atoms with Crippen LogP contribution >= 0.6 is 0 Å². The fourth-order valence-corrected chi connectivity index (χ4v) is 6.93. The van der Waals surface area contributed by atoms with Crippen molar-refractivity contribution in [3.05, 3.63) is 24.3 Å². The summed E-state index contributed by atoms with van der Waals surface area (Å²) in [5.74, 6) is 0. The second kappa shape index (κ2) is 46.0. The van der Waals surface area contributed by atoms with Gasteiger partial charge in [0, 0.05) is 19.8 Å². The van der Waals surface area contributed by atoms with Gasteiger partial charge in [-0.2, -0.15) is 0 Å². The van der Waals surface area contributed by atoms with Crippen LogP contribution in [0, 0.1) is 0 Å². The lowest BCUT2D eigenvalue weighted by Gasteiger charge is -2.22. The first-order valence-electron chi connectivity index (χ1n) is 23.8. The first-order chi connectivity index (χ1) is 26.7. The topological polar surface area (TPSA) is 60.0 Å². The number of hydrogen-bond donors (Lipinski definition) is 1. The van der Waals surface area contributed by atoms with E-state index in [0.29, 0.717) is 19.8 Å². The number of amides is 1. The number of nitrogens with one attached hydrogen (secondary N) is 1. The Balaban J connectivity index is 4.12. The van der Waals surface area contributed by atoms with Crippen molar-refractivity contribution >= 4 is 6.09 Å². The van der Waals surface area contributed by atoms with Gasteiger partial charge >= 0.3 is 6.09 Å². The number of ether oxygens (including phenoxy) is 3. The Hall–Kier alpha value is -1.37. The molecule has 0 aromatic heterocycles. The molecule has 0 heterocycles. The zero-order valence-electron chi connectivity index (χ0n) is 36.8. The Morgan fingerprint density at radius 2 is 0.796 bits per heavy atom. The highest BCUT2D eigenvalue weighted by atomic mass is 16.6. The molecule has 6 nitrogen and oxygen atoms in total. The average Bonchev–Trinajstić information content (AvgIpc) is 3.17. The molecule has 0 aromatic rings. The van der Waals surface area contributed by atoms with E-state index in [1.54, 1.807) is 0 Å². The minimum absolute atomic E-state index is 0.192. The third kappa shape index (κ3) is 41.8. The van der Waals surface area contributed by atoms with Crippen LogP contribution in [0.2, 0.25) is 0 Å². The van der Waals surface area contributed by atoms with E-state index in [1.165, 1.54) is 167 Å². The smallest absolute Gasteiger partial charge is 0.407 e. The van der Waals surface area contributed by atoms with Crippen LogP contribution < -0.4 is 5.32 Å². The average molecular weight is 763 g/mol. The van der Waals surface area contributed by atoms with Crippen molar-refractivity contribution in [1.29, 1.82) is 0 Å². The van der Waals surface area contributed by atoms with Crippen LogP contribution in [0.15, 0.2) is 24.3 Å². The molecular formula is C48H94N2O4. The van der Waals surface area contributed by atoms with Crippen LogP contribution in [0.5, 0.6) is 0 Å². The number of allylic oxidation sites excluding steroid dienone is 4. The maximum absolute atomic E-state index is 12.7. The maximum Gasteiger partial charge on any atom is 0.407 e. The summed E-state index contributed by atoms with van der Waals surface area (Å²) in [6.07, 6.45) is 47.9. The fourth-order valence-electron chi connectivity index (χ4n) is 6.93. The molecule has 0 atom stereocenters. The monoisotopic (exact) mass is 763 g/mol. The summed E-state index contributed by atoms with van der Waals surface area (Å²) < 4.78 is 17.6. The molecule has 0 aliphatic rings. The van der Waals surface area contributed by atoms with Gasteiger partial charge in [0.1, 0.15) is 6.61 Å². The van der Waals surface area contributed by atoms with E-state index in [1.807, 2.05) is 0 Å². The van der Waals surface area contributed by atoms with Crippen LogP contribution in [0.3, 0.4) is 0 Å². The Bertz CT molecular complexity index is 737. The van der Waals surface area contributed by atoms with E-state index in [4.69, 9.17) is 14.2 Å². The molecule has 320 valence electrons. The summed E-state index contributed by atoms with van der Waals surface area (Å²) in [4.78, 5) is 15.0. The highest BCUT2D eigenvalue weighted by Crippen LogP contribution is 2.12. The van der Waals surface area contributed by atoms with Gasteiger partial charge in [-0.25, -0.2) is 4.79 Å². The van der Waals surface area contributed by atoms with E-state index in [9.17, 15) is 4.79 Å². The molecule has 54 heavy (non-hydrogen) atoms. The van der Waals surface area contributed by atoms with E-state index < -0.39 is 0 Å². The molecule has 0 rings (SSSR count). The van der Waals surface area contributed by atoms with E-state index in [0.717, 1.165) is 58.5 Å². The molecule has 0 aliphatic heterocycles. The van der Waals surface area contributed by atoms with Gasteiger partial charge in [-0.3, -0.25) is 4.90 Å². The minimum atomic E-state index is -0.366. The summed E-state index contributed by atoms with van der Waals surface area (Å²) in [5, 5.41) is 3.03. The van der Waals surface area contributed by atoms with Crippen molar-refractivity contribution in [3.63, 3.8) is 0 Å². The molecule has 0 saturated carbocycles. The van der Waals surface area contributed by atoms with Gasteiger partial charge < -0.3 is 19.5 Å². The summed E-state index contributed by atoms with van der Waals surface area (Å²) in [6.45, 7) is 14.6. The first-order valence-corrected chi connectivity index (χ1v) is 23.8. The predicted octanol–water partition coefficient (Wildman–Crippen LogP) is 14.3.